The van der Waals surface area contributed by atoms with Gasteiger partial charge in [0.05, 0.1) is 11.6 Å². The van der Waals surface area contributed by atoms with E-state index >= 15 is 0 Å². The lowest BCUT2D eigenvalue weighted by Gasteiger charge is -2.10. The second-order valence-corrected chi connectivity index (χ2v) is 5.64. The summed E-state index contributed by atoms with van der Waals surface area (Å²) in [6.45, 7) is 0.901. The molecule has 1 amide bonds. The lowest BCUT2D eigenvalue weighted by atomic mass is 10.1. The minimum atomic E-state index is -0.0950. The zero-order valence-electron chi connectivity index (χ0n) is 14.0. The van der Waals surface area contributed by atoms with Gasteiger partial charge in [-0.3, -0.25) is 4.79 Å². The molecule has 0 heterocycles. The molecule has 136 valence electrons. The largest absolute Gasteiger partial charge is 0.490 e. The average molecular weight is 385 g/mol. The molecule has 2 rings (SSSR count). The molecule has 7 heteroatoms. The molecule has 0 saturated carbocycles. The highest BCUT2D eigenvalue weighted by Gasteiger charge is 2.08. The van der Waals surface area contributed by atoms with Crippen LogP contribution in [-0.2, 0) is 16.0 Å². The summed E-state index contributed by atoms with van der Waals surface area (Å²) in [7, 11) is 1.60. The molecule has 0 spiro atoms. The van der Waals surface area contributed by atoms with Crippen molar-refractivity contribution in [2.45, 2.75) is 12.8 Å². The van der Waals surface area contributed by atoms with Crippen LogP contribution in [-0.4, -0.2) is 26.2 Å². The summed E-state index contributed by atoms with van der Waals surface area (Å²) < 4.78 is 10.4. The molecule has 2 aromatic rings. The Kier molecular flexibility index (Phi) is 9.13. The monoisotopic (exact) mass is 384 g/mol. The number of aryl methyl sites for hydroxylation is 1. The first-order valence-corrected chi connectivity index (χ1v) is 8.02. The number of anilines is 2. The van der Waals surface area contributed by atoms with Crippen LogP contribution in [0.4, 0.5) is 11.4 Å². The van der Waals surface area contributed by atoms with Gasteiger partial charge in [0.2, 0.25) is 5.91 Å². The van der Waals surface area contributed by atoms with Gasteiger partial charge in [-0.1, -0.05) is 29.8 Å². The van der Waals surface area contributed by atoms with Crippen molar-refractivity contribution in [1.82, 2.24) is 0 Å². The van der Waals surface area contributed by atoms with Crippen LogP contribution in [0.1, 0.15) is 12.0 Å². The van der Waals surface area contributed by atoms with E-state index in [1.54, 1.807) is 25.3 Å². The highest BCUT2D eigenvalue weighted by Crippen LogP contribution is 2.27. The number of nitrogen functional groups attached to an aromatic ring is 1. The molecule has 0 aliphatic rings. The molecule has 2 aromatic carbocycles. The van der Waals surface area contributed by atoms with Gasteiger partial charge in [-0.25, -0.2) is 0 Å². The Morgan fingerprint density at radius 2 is 1.96 bits per heavy atom. The summed E-state index contributed by atoms with van der Waals surface area (Å²) in [5.74, 6) is 0.464. The summed E-state index contributed by atoms with van der Waals surface area (Å²) in [4.78, 5) is 12.1. The van der Waals surface area contributed by atoms with Gasteiger partial charge in [-0.2, -0.15) is 0 Å². The van der Waals surface area contributed by atoms with Crippen molar-refractivity contribution < 1.29 is 14.3 Å². The summed E-state index contributed by atoms with van der Waals surface area (Å²) in [6, 6.07) is 12.7. The zero-order chi connectivity index (χ0) is 17.4. The van der Waals surface area contributed by atoms with E-state index in [0.717, 1.165) is 5.56 Å². The fourth-order valence-corrected chi connectivity index (χ4v) is 2.40. The van der Waals surface area contributed by atoms with Crippen LogP contribution < -0.4 is 15.8 Å². The maximum atomic E-state index is 12.1. The molecule has 0 aliphatic heterocycles. The minimum absolute atomic E-state index is 0. The first-order valence-electron chi connectivity index (χ1n) is 7.64. The number of benzene rings is 2. The van der Waals surface area contributed by atoms with E-state index in [1.807, 2.05) is 24.3 Å². The lowest BCUT2D eigenvalue weighted by molar-refractivity contribution is -0.116. The number of methoxy groups -OCH3 is 1. The molecular formula is C18H22Cl2N2O3. The van der Waals surface area contributed by atoms with Gasteiger partial charge in [0.25, 0.3) is 0 Å². The second kappa shape index (κ2) is 10.8. The van der Waals surface area contributed by atoms with E-state index in [-0.39, 0.29) is 18.3 Å². The number of rotatable bonds is 8. The predicted octanol–water partition coefficient (Wildman–Crippen LogP) is 3.94. The second-order valence-electron chi connectivity index (χ2n) is 5.23. The third kappa shape index (κ3) is 6.82. The van der Waals surface area contributed by atoms with Gasteiger partial charge in [-0.15, -0.1) is 12.4 Å². The Hall–Kier alpha value is -1.95. The van der Waals surface area contributed by atoms with Gasteiger partial charge in [0.15, 0.2) is 0 Å². The number of nitrogens with two attached hydrogens (primary N) is 1. The van der Waals surface area contributed by atoms with Crippen LogP contribution in [0, 0.1) is 0 Å². The van der Waals surface area contributed by atoms with Crippen LogP contribution in [0.5, 0.6) is 5.75 Å². The first-order chi connectivity index (χ1) is 11.6. The van der Waals surface area contributed by atoms with Gasteiger partial charge < -0.3 is 20.5 Å². The number of hydrogen-bond acceptors (Lipinski definition) is 4. The topological polar surface area (TPSA) is 73.6 Å². The number of hydrogen-bond donors (Lipinski definition) is 2. The van der Waals surface area contributed by atoms with Crippen molar-refractivity contribution in [2.75, 3.05) is 31.4 Å². The fraction of sp³-hybridized carbons (Fsp3) is 0.278. The molecule has 0 bridgehead atoms. The molecule has 25 heavy (non-hydrogen) atoms. The van der Waals surface area contributed by atoms with Crippen LogP contribution in [0.3, 0.4) is 0 Å². The molecule has 3 N–H and O–H groups in total. The Balaban J connectivity index is 0.00000312. The van der Waals surface area contributed by atoms with E-state index in [2.05, 4.69) is 5.32 Å². The molecule has 0 unspecified atom stereocenters. The van der Waals surface area contributed by atoms with Gasteiger partial charge in [-0.05, 0) is 36.2 Å². The quantitative estimate of drug-likeness (QED) is 0.533. The van der Waals surface area contributed by atoms with Gasteiger partial charge >= 0.3 is 0 Å². The summed E-state index contributed by atoms with van der Waals surface area (Å²) in [5.41, 5.74) is 8.17. The fourth-order valence-electron chi connectivity index (χ4n) is 2.16. The van der Waals surface area contributed by atoms with E-state index in [4.69, 9.17) is 26.8 Å². The normalized spacial score (nSPS) is 10.0. The van der Waals surface area contributed by atoms with Crippen LogP contribution in [0.15, 0.2) is 42.5 Å². The summed E-state index contributed by atoms with van der Waals surface area (Å²) >= 11 is 6.15. The lowest BCUT2D eigenvalue weighted by Crippen LogP contribution is -2.13. The number of carbonyl (C=O) groups excluding carboxylic acids is 1. The molecular weight excluding hydrogens is 363 g/mol. The van der Waals surface area contributed by atoms with Crippen molar-refractivity contribution in [2.24, 2.45) is 0 Å². The van der Waals surface area contributed by atoms with Crippen molar-refractivity contribution >= 4 is 41.3 Å². The third-order valence-corrected chi connectivity index (χ3v) is 3.73. The number of nitrogens with one attached hydrogen (secondary N) is 1. The van der Waals surface area contributed by atoms with E-state index in [0.29, 0.717) is 48.2 Å². The van der Waals surface area contributed by atoms with Gasteiger partial charge in [0.1, 0.15) is 12.4 Å². The predicted molar refractivity (Wildman–Crippen MR) is 104 cm³/mol. The third-order valence-electron chi connectivity index (χ3n) is 3.44. The number of para-hydroxylation sites is 1. The Labute approximate surface area is 158 Å². The van der Waals surface area contributed by atoms with Crippen molar-refractivity contribution in [3.05, 3.63) is 53.1 Å². The summed E-state index contributed by atoms with van der Waals surface area (Å²) in [5, 5.41) is 3.26. The Bertz CT molecular complexity index is 696. The number of halogens is 2. The highest BCUT2D eigenvalue weighted by molar-refractivity contribution is 6.32. The number of ether oxygens (including phenoxy) is 2. The Morgan fingerprint density at radius 1 is 1.20 bits per heavy atom. The van der Waals surface area contributed by atoms with Gasteiger partial charge in [0, 0.05) is 24.9 Å². The van der Waals surface area contributed by atoms with Crippen LogP contribution in [0.2, 0.25) is 5.02 Å². The Morgan fingerprint density at radius 3 is 2.64 bits per heavy atom. The SMILES string of the molecule is COCCOc1ccc(NC(=O)CCc2ccccc2N)cc1Cl.Cl. The number of carbonyl (C=O) groups is 1. The van der Waals surface area contributed by atoms with E-state index in [9.17, 15) is 4.79 Å². The average Bonchev–Trinajstić information content (AvgIpc) is 2.56. The van der Waals surface area contributed by atoms with Crippen LogP contribution >= 0.6 is 24.0 Å². The standard InChI is InChI=1S/C18H21ClN2O3.ClH/c1-23-10-11-24-17-8-7-14(12-15(17)19)21-18(22)9-6-13-4-2-3-5-16(13)20;/h2-5,7-8,12H,6,9-11,20H2,1H3,(H,21,22);1H. The van der Waals surface area contributed by atoms with Crippen LogP contribution in [0.25, 0.3) is 0 Å². The van der Waals surface area contributed by atoms with Crippen molar-refractivity contribution in [1.29, 1.82) is 0 Å². The molecule has 5 nitrogen and oxygen atoms in total. The molecule has 0 saturated heterocycles. The molecule has 0 aliphatic carbocycles. The zero-order valence-corrected chi connectivity index (χ0v) is 15.5. The molecule has 0 fully saturated rings. The smallest absolute Gasteiger partial charge is 0.224 e. The highest BCUT2D eigenvalue weighted by atomic mass is 35.5. The van der Waals surface area contributed by atoms with E-state index < -0.39 is 0 Å². The molecule has 0 aromatic heterocycles. The van der Waals surface area contributed by atoms with Crippen molar-refractivity contribution in [3.8, 4) is 5.75 Å². The van der Waals surface area contributed by atoms with Crippen molar-refractivity contribution in [3.63, 3.8) is 0 Å². The maximum absolute atomic E-state index is 12.1. The molecule has 0 atom stereocenters. The summed E-state index contributed by atoms with van der Waals surface area (Å²) in [6.07, 6.45) is 0.933. The number of amides is 1. The first kappa shape index (κ1) is 21.1. The minimum Gasteiger partial charge on any atom is -0.490 e. The molecule has 0 radical (unpaired) electrons. The maximum Gasteiger partial charge on any atom is 0.224 e. The van der Waals surface area contributed by atoms with E-state index in [1.165, 1.54) is 0 Å².